The first-order valence-electron chi connectivity index (χ1n) is 6.08. The molecule has 0 radical (unpaired) electrons. The van der Waals surface area contributed by atoms with E-state index in [0.717, 1.165) is 32.2 Å². The highest BCUT2D eigenvalue weighted by molar-refractivity contribution is 5.75. The number of methoxy groups -OCH3 is 1. The molecule has 0 aliphatic carbocycles. The maximum atomic E-state index is 11.6. The summed E-state index contributed by atoms with van der Waals surface area (Å²) in [6, 6.07) is 0.544. The topological polar surface area (TPSA) is 29.5 Å². The summed E-state index contributed by atoms with van der Waals surface area (Å²) in [7, 11) is 1.49. The second-order valence-corrected chi connectivity index (χ2v) is 4.24. The van der Waals surface area contributed by atoms with Gasteiger partial charge in [-0.05, 0) is 32.2 Å². The zero-order chi connectivity index (χ0) is 11.3. The fourth-order valence-electron chi connectivity index (χ4n) is 2.54. The van der Waals surface area contributed by atoms with Crippen molar-refractivity contribution in [2.24, 2.45) is 0 Å². The summed E-state index contributed by atoms with van der Waals surface area (Å²) in [5, 5.41) is 0. The first kappa shape index (κ1) is 12.5. The maximum absolute atomic E-state index is 11.6. The number of ether oxygens (including phenoxy) is 1. The molecule has 1 atom stereocenters. The first-order valence-corrected chi connectivity index (χ1v) is 6.08. The molecule has 1 heterocycles. The molecule has 1 saturated heterocycles. The Morgan fingerprint density at radius 2 is 2.07 bits per heavy atom. The van der Waals surface area contributed by atoms with Crippen LogP contribution in [0.25, 0.3) is 0 Å². The van der Waals surface area contributed by atoms with E-state index in [0.29, 0.717) is 6.04 Å². The van der Waals surface area contributed by atoms with E-state index >= 15 is 0 Å². The van der Waals surface area contributed by atoms with Gasteiger partial charge in [-0.15, -0.1) is 0 Å². The molecule has 15 heavy (non-hydrogen) atoms. The molecule has 0 bridgehead atoms. The van der Waals surface area contributed by atoms with Crippen LogP contribution in [0, 0.1) is 0 Å². The number of piperidine rings is 1. The van der Waals surface area contributed by atoms with Crippen molar-refractivity contribution in [2.45, 2.75) is 58.0 Å². The predicted octanol–water partition coefficient (Wildman–Crippen LogP) is 2.20. The van der Waals surface area contributed by atoms with Gasteiger partial charge in [-0.3, -0.25) is 9.69 Å². The molecule has 88 valence electrons. The fourth-order valence-corrected chi connectivity index (χ4v) is 2.54. The van der Waals surface area contributed by atoms with Crippen LogP contribution < -0.4 is 0 Å². The van der Waals surface area contributed by atoms with Crippen molar-refractivity contribution in [3.63, 3.8) is 0 Å². The highest BCUT2D eigenvalue weighted by Crippen LogP contribution is 2.23. The molecule has 0 saturated carbocycles. The Bertz CT molecular complexity index is 202. The van der Waals surface area contributed by atoms with Crippen molar-refractivity contribution < 1.29 is 9.53 Å². The van der Waals surface area contributed by atoms with Crippen LogP contribution in [-0.2, 0) is 9.53 Å². The Morgan fingerprint density at radius 1 is 1.40 bits per heavy atom. The van der Waals surface area contributed by atoms with Crippen LogP contribution >= 0.6 is 0 Å². The summed E-state index contributed by atoms with van der Waals surface area (Å²) in [5.74, 6) is -0.0541. The third kappa shape index (κ3) is 2.94. The lowest BCUT2D eigenvalue weighted by Gasteiger charge is -2.39. The molecule has 0 N–H and O–H groups in total. The number of rotatable bonds is 4. The number of nitrogens with zero attached hydrogens (tertiary/aromatic N) is 1. The Labute approximate surface area is 92.8 Å². The predicted molar refractivity (Wildman–Crippen MR) is 60.7 cm³/mol. The Kier molecular flexibility index (Phi) is 5.09. The van der Waals surface area contributed by atoms with Gasteiger partial charge in [0.1, 0.15) is 6.04 Å². The Balaban J connectivity index is 2.68. The standard InChI is InChI=1S/C12H23NO2/c1-4-10(5-2)13-9-7-6-8-11(13)12(14)15-3/h10-11H,4-9H2,1-3H3. The monoisotopic (exact) mass is 213 g/mol. The van der Waals surface area contributed by atoms with E-state index in [1.54, 1.807) is 0 Å². The van der Waals surface area contributed by atoms with E-state index in [2.05, 4.69) is 18.7 Å². The minimum Gasteiger partial charge on any atom is -0.468 e. The van der Waals surface area contributed by atoms with Crippen LogP contribution in [0.4, 0.5) is 0 Å². The number of hydrogen-bond donors (Lipinski definition) is 0. The van der Waals surface area contributed by atoms with Gasteiger partial charge in [0.25, 0.3) is 0 Å². The van der Waals surface area contributed by atoms with E-state index in [1.165, 1.54) is 13.5 Å². The van der Waals surface area contributed by atoms with Crippen LogP contribution in [0.1, 0.15) is 46.0 Å². The molecular weight excluding hydrogens is 190 g/mol. The molecule has 1 aliphatic rings. The normalized spacial score (nSPS) is 23.1. The number of hydrogen-bond acceptors (Lipinski definition) is 3. The lowest BCUT2D eigenvalue weighted by molar-refractivity contribution is -0.149. The molecule has 0 aromatic rings. The molecule has 1 rings (SSSR count). The van der Waals surface area contributed by atoms with Crippen molar-refractivity contribution in [1.29, 1.82) is 0 Å². The molecule has 1 unspecified atom stereocenters. The van der Waals surface area contributed by atoms with E-state index in [4.69, 9.17) is 4.74 Å². The molecule has 1 aliphatic heterocycles. The van der Waals surface area contributed by atoms with E-state index in [-0.39, 0.29) is 12.0 Å². The first-order chi connectivity index (χ1) is 7.24. The number of likely N-dealkylation sites (tertiary alicyclic amines) is 1. The summed E-state index contributed by atoms with van der Waals surface area (Å²) in [6.07, 6.45) is 5.55. The molecule has 3 heteroatoms. The molecule has 0 aromatic heterocycles. The van der Waals surface area contributed by atoms with Crippen LogP contribution in [0.3, 0.4) is 0 Å². The van der Waals surface area contributed by atoms with Crippen molar-refractivity contribution in [1.82, 2.24) is 4.90 Å². The van der Waals surface area contributed by atoms with Gasteiger partial charge >= 0.3 is 5.97 Å². The number of esters is 1. The number of carbonyl (C=O) groups excluding carboxylic acids is 1. The summed E-state index contributed by atoms with van der Waals surface area (Å²) in [4.78, 5) is 14.0. The van der Waals surface area contributed by atoms with Gasteiger partial charge in [0.15, 0.2) is 0 Å². The summed E-state index contributed by atoms with van der Waals surface area (Å²) < 4.78 is 4.88. The average molecular weight is 213 g/mol. The Morgan fingerprint density at radius 3 is 2.60 bits per heavy atom. The van der Waals surface area contributed by atoms with Crippen molar-refractivity contribution >= 4 is 5.97 Å². The Hall–Kier alpha value is -0.570. The third-order valence-corrected chi connectivity index (χ3v) is 3.43. The third-order valence-electron chi connectivity index (χ3n) is 3.43. The van der Waals surface area contributed by atoms with Gasteiger partial charge in [-0.2, -0.15) is 0 Å². The molecule has 3 nitrogen and oxygen atoms in total. The quantitative estimate of drug-likeness (QED) is 0.670. The van der Waals surface area contributed by atoms with Crippen LogP contribution in [0.5, 0.6) is 0 Å². The van der Waals surface area contributed by atoms with E-state index in [9.17, 15) is 4.79 Å². The second kappa shape index (κ2) is 6.11. The lowest BCUT2D eigenvalue weighted by atomic mass is 9.98. The van der Waals surface area contributed by atoms with Crippen molar-refractivity contribution in [3.05, 3.63) is 0 Å². The fraction of sp³-hybridized carbons (Fsp3) is 0.917. The smallest absolute Gasteiger partial charge is 0.323 e. The molecule has 0 aromatic carbocycles. The molecule has 1 fully saturated rings. The van der Waals surface area contributed by atoms with E-state index in [1.807, 2.05) is 0 Å². The highest BCUT2D eigenvalue weighted by Gasteiger charge is 2.32. The van der Waals surface area contributed by atoms with Gasteiger partial charge in [0.05, 0.1) is 7.11 Å². The summed E-state index contributed by atoms with van der Waals surface area (Å²) in [5.41, 5.74) is 0. The van der Waals surface area contributed by atoms with Gasteiger partial charge in [-0.25, -0.2) is 0 Å². The molecule has 0 spiro atoms. The second-order valence-electron chi connectivity index (χ2n) is 4.24. The van der Waals surface area contributed by atoms with Crippen LogP contribution in [0.15, 0.2) is 0 Å². The highest BCUT2D eigenvalue weighted by atomic mass is 16.5. The summed E-state index contributed by atoms with van der Waals surface area (Å²) >= 11 is 0. The van der Waals surface area contributed by atoms with Crippen molar-refractivity contribution in [2.75, 3.05) is 13.7 Å². The maximum Gasteiger partial charge on any atom is 0.323 e. The zero-order valence-electron chi connectivity index (χ0n) is 10.2. The SMILES string of the molecule is CCC(CC)N1CCCCC1C(=O)OC. The van der Waals surface area contributed by atoms with Gasteiger partial charge < -0.3 is 4.74 Å². The van der Waals surface area contributed by atoms with Gasteiger partial charge in [-0.1, -0.05) is 20.3 Å². The number of carbonyl (C=O) groups is 1. The van der Waals surface area contributed by atoms with Gasteiger partial charge in [0.2, 0.25) is 0 Å². The van der Waals surface area contributed by atoms with Crippen LogP contribution in [0.2, 0.25) is 0 Å². The van der Waals surface area contributed by atoms with Crippen molar-refractivity contribution in [3.8, 4) is 0 Å². The van der Waals surface area contributed by atoms with Gasteiger partial charge in [0, 0.05) is 6.04 Å². The van der Waals surface area contributed by atoms with E-state index < -0.39 is 0 Å². The zero-order valence-corrected chi connectivity index (χ0v) is 10.2. The largest absolute Gasteiger partial charge is 0.468 e. The van der Waals surface area contributed by atoms with Crippen LogP contribution in [-0.4, -0.2) is 36.6 Å². The molecular formula is C12H23NO2. The average Bonchev–Trinajstić information content (AvgIpc) is 2.30. The lowest BCUT2D eigenvalue weighted by Crippen LogP contribution is -2.50. The summed E-state index contributed by atoms with van der Waals surface area (Å²) in [6.45, 7) is 5.43. The minimum atomic E-state index is -0.0541. The minimum absolute atomic E-state index is 0.00801. The molecule has 0 amide bonds.